The topological polar surface area (TPSA) is 44.3 Å². The van der Waals surface area contributed by atoms with Gasteiger partial charge in [-0.15, -0.1) is 0 Å². The van der Waals surface area contributed by atoms with E-state index in [0.717, 1.165) is 50.5 Å². The summed E-state index contributed by atoms with van der Waals surface area (Å²) in [5.74, 6) is 1.62. The highest BCUT2D eigenvalue weighted by atomic mass is 15.3. The summed E-state index contributed by atoms with van der Waals surface area (Å²) in [4.78, 5) is 13.9. The summed E-state index contributed by atoms with van der Waals surface area (Å²) in [6.45, 7) is 9.67. The van der Waals surface area contributed by atoms with Crippen molar-refractivity contribution in [3.8, 4) is 0 Å². The molecule has 0 bridgehead atoms. The Labute approximate surface area is 128 Å². The molecule has 2 heterocycles. The first kappa shape index (κ1) is 16.3. The van der Waals surface area contributed by atoms with Crippen molar-refractivity contribution in [1.82, 2.24) is 25.1 Å². The number of hydrogen-bond acceptors (Lipinski definition) is 5. The lowest BCUT2D eigenvalue weighted by atomic mass is 10.1. The molecule has 1 fully saturated rings. The number of rotatable bonds is 6. The highest BCUT2D eigenvalue weighted by molar-refractivity contribution is 5.06. The van der Waals surface area contributed by atoms with E-state index in [2.05, 4.69) is 53.0 Å². The summed E-state index contributed by atoms with van der Waals surface area (Å²) in [6, 6.07) is 0.522. The number of piperazine rings is 1. The Kier molecular flexibility index (Phi) is 6.08. The standard InChI is InChI=1S/C16H29N5/c1-13(2)8-17-9-14-10-18-16(19-11-14)7-15-12-20(3)5-6-21(15)4/h10-11,13,15,17H,5-9,12H2,1-4H3. The second kappa shape index (κ2) is 7.82. The molecule has 1 aliphatic heterocycles. The van der Waals surface area contributed by atoms with Gasteiger partial charge in [0, 0.05) is 56.6 Å². The minimum atomic E-state index is 0.522. The molecule has 1 atom stereocenters. The van der Waals surface area contributed by atoms with Gasteiger partial charge < -0.3 is 15.1 Å². The van der Waals surface area contributed by atoms with Crippen molar-refractivity contribution in [2.45, 2.75) is 32.9 Å². The van der Waals surface area contributed by atoms with Crippen LogP contribution in [0, 0.1) is 5.92 Å². The van der Waals surface area contributed by atoms with Crippen molar-refractivity contribution in [3.63, 3.8) is 0 Å². The van der Waals surface area contributed by atoms with E-state index in [1.54, 1.807) is 0 Å². The van der Waals surface area contributed by atoms with Gasteiger partial charge in [-0.2, -0.15) is 0 Å². The molecule has 0 saturated carbocycles. The first-order valence-corrected chi connectivity index (χ1v) is 7.94. The van der Waals surface area contributed by atoms with Crippen LogP contribution in [0.1, 0.15) is 25.2 Å². The molecule has 1 aromatic rings. The van der Waals surface area contributed by atoms with Crippen LogP contribution < -0.4 is 5.32 Å². The van der Waals surface area contributed by atoms with Crippen molar-refractivity contribution in [2.75, 3.05) is 40.3 Å². The third kappa shape index (κ3) is 5.34. The van der Waals surface area contributed by atoms with Crippen molar-refractivity contribution in [1.29, 1.82) is 0 Å². The van der Waals surface area contributed by atoms with E-state index in [-0.39, 0.29) is 0 Å². The summed E-state index contributed by atoms with van der Waals surface area (Å²) in [5.41, 5.74) is 1.16. The number of aromatic nitrogens is 2. The predicted octanol–water partition coefficient (Wildman–Crippen LogP) is 1.01. The van der Waals surface area contributed by atoms with Gasteiger partial charge in [-0.05, 0) is 26.6 Å². The smallest absolute Gasteiger partial charge is 0.129 e. The summed E-state index contributed by atoms with van der Waals surface area (Å²) in [7, 11) is 4.38. The second-order valence-corrected chi connectivity index (χ2v) is 6.63. The van der Waals surface area contributed by atoms with Crippen molar-refractivity contribution in [3.05, 3.63) is 23.8 Å². The molecule has 1 aromatic heterocycles. The third-order valence-electron chi connectivity index (χ3n) is 4.04. The maximum absolute atomic E-state index is 4.53. The van der Waals surface area contributed by atoms with Gasteiger partial charge in [0.2, 0.25) is 0 Å². The van der Waals surface area contributed by atoms with E-state index < -0.39 is 0 Å². The number of nitrogens with one attached hydrogen (secondary N) is 1. The van der Waals surface area contributed by atoms with Gasteiger partial charge in [0.05, 0.1) is 0 Å². The highest BCUT2D eigenvalue weighted by Gasteiger charge is 2.23. The van der Waals surface area contributed by atoms with Gasteiger partial charge in [0.25, 0.3) is 0 Å². The molecule has 1 unspecified atom stereocenters. The molecule has 0 aromatic carbocycles. The van der Waals surface area contributed by atoms with E-state index >= 15 is 0 Å². The molecule has 1 aliphatic rings. The van der Waals surface area contributed by atoms with Crippen molar-refractivity contribution >= 4 is 0 Å². The maximum Gasteiger partial charge on any atom is 0.129 e. The molecule has 5 nitrogen and oxygen atoms in total. The number of likely N-dealkylation sites (N-methyl/N-ethyl adjacent to an activating group) is 2. The molecule has 0 radical (unpaired) electrons. The van der Waals surface area contributed by atoms with Gasteiger partial charge in [-0.3, -0.25) is 0 Å². The first-order valence-electron chi connectivity index (χ1n) is 7.94. The Morgan fingerprint density at radius 1 is 1.24 bits per heavy atom. The monoisotopic (exact) mass is 291 g/mol. The second-order valence-electron chi connectivity index (χ2n) is 6.63. The number of hydrogen-bond donors (Lipinski definition) is 1. The highest BCUT2D eigenvalue weighted by Crippen LogP contribution is 2.10. The lowest BCUT2D eigenvalue weighted by Crippen LogP contribution is -2.50. The zero-order valence-corrected chi connectivity index (χ0v) is 13.8. The maximum atomic E-state index is 4.53. The van der Waals surface area contributed by atoms with E-state index in [1.807, 2.05) is 12.4 Å². The third-order valence-corrected chi connectivity index (χ3v) is 4.04. The predicted molar refractivity (Wildman–Crippen MR) is 86.2 cm³/mol. The van der Waals surface area contributed by atoms with Crippen LogP contribution in [-0.2, 0) is 13.0 Å². The summed E-state index contributed by atoms with van der Waals surface area (Å²) in [6.07, 6.45) is 4.85. The molecule has 21 heavy (non-hydrogen) atoms. The molecule has 1 saturated heterocycles. The van der Waals surface area contributed by atoms with E-state index in [9.17, 15) is 0 Å². The van der Waals surface area contributed by atoms with E-state index in [4.69, 9.17) is 0 Å². The SMILES string of the molecule is CC(C)CNCc1cnc(CC2CN(C)CCN2C)nc1. The zero-order valence-electron chi connectivity index (χ0n) is 13.8. The Bertz CT molecular complexity index is 417. The summed E-state index contributed by atoms with van der Waals surface area (Å²) in [5, 5.41) is 3.42. The molecular weight excluding hydrogens is 262 g/mol. The molecule has 0 amide bonds. The fourth-order valence-corrected chi connectivity index (χ4v) is 2.62. The van der Waals surface area contributed by atoms with Crippen LogP contribution >= 0.6 is 0 Å². The van der Waals surface area contributed by atoms with Gasteiger partial charge in [0.15, 0.2) is 0 Å². The van der Waals surface area contributed by atoms with Crippen molar-refractivity contribution in [2.24, 2.45) is 5.92 Å². The minimum Gasteiger partial charge on any atom is -0.312 e. The molecule has 0 spiro atoms. The average molecular weight is 291 g/mol. The summed E-state index contributed by atoms with van der Waals surface area (Å²) < 4.78 is 0. The molecule has 2 rings (SSSR count). The van der Waals surface area contributed by atoms with Gasteiger partial charge >= 0.3 is 0 Å². The van der Waals surface area contributed by atoms with Crippen LogP contribution in [0.3, 0.4) is 0 Å². The molecule has 5 heteroatoms. The molecule has 1 N–H and O–H groups in total. The van der Waals surface area contributed by atoms with Gasteiger partial charge in [-0.1, -0.05) is 13.8 Å². The largest absolute Gasteiger partial charge is 0.312 e. The Balaban J connectivity index is 1.84. The first-order chi connectivity index (χ1) is 10.0. The van der Waals surface area contributed by atoms with Crippen LogP contribution in [-0.4, -0.2) is 66.1 Å². The Hall–Kier alpha value is -1.04. The lowest BCUT2D eigenvalue weighted by Gasteiger charge is -2.37. The van der Waals surface area contributed by atoms with Crippen LogP contribution in [0.2, 0.25) is 0 Å². The fraction of sp³-hybridized carbons (Fsp3) is 0.750. The van der Waals surface area contributed by atoms with E-state index in [1.165, 1.54) is 0 Å². The van der Waals surface area contributed by atoms with Crippen LogP contribution in [0.5, 0.6) is 0 Å². The minimum absolute atomic E-state index is 0.522. The zero-order chi connectivity index (χ0) is 15.2. The van der Waals surface area contributed by atoms with Crippen molar-refractivity contribution < 1.29 is 0 Å². The Morgan fingerprint density at radius 2 is 1.95 bits per heavy atom. The van der Waals surface area contributed by atoms with Crippen LogP contribution in [0.4, 0.5) is 0 Å². The average Bonchev–Trinajstić information content (AvgIpc) is 2.44. The van der Waals surface area contributed by atoms with E-state index in [0.29, 0.717) is 12.0 Å². The Morgan fingerprint density at radius 3 is 2.62 bits per heavy atom. The normalized spacial score (nSPS) is 21.1. The van der Waals surface area contributed by atoms with Gasteiger partial charge in [0.1, 0.15) is 5.82 Å². The van der Waals surface area contributed by atoms with Crippen LogP contribution in [0.25, 0.3) is 0 Å². The lowest BCUT2D eigenvalue weighted by molar-refractivity contribution is 0.113. The van der Waals surface area contributed by atoms with Gasteiger partial charge in [-0.25, -0.2) is 9.97 Å². The fourth-order valence-electron chi connectivity index (χ4n) is 2.62. The molecular formula is C16H29N5. The molecule has 118 valence electrons. The number of nitrogens with zero attached hydrogens (tertiary/aromatic N) is 4. The quantitative estimate of drug-likeness (QED) is 0.847. The molecule has 0 aliphatic carbocycles. The van der Waals surface area contributed by atoms with Crippen LogP contribution in [0.15, 0.2) is 12.4 Å². The summed E-state index contributed by atoms with van der Waals surface area (Å²) >= 11 is 0.